The van der Waals surface area contributed by atoms with E-state index in [-0.39, 0.29) is 31.2 Å². The first kappa shape index (κ1) is 25.4. The van der Waals surface area contributed by atoms with Gasteiger partial charge in [-0.05, 0) is 51.7 Å². The van der Waals surface area contributed by atoms with Gasteiger partial charge in [-0.25, -0.2) is 4.79 Å². The lowest BCUT2D eigenvalue weighted by atomic mass is 10.2. The van der Waals surface area contributed by atoms with Gasteiger partial charge in [0.15, 0.2) is 6.29 Å². The third-order valence-electron chi connectivity index (χ3n) is 4.40. The Kier molecular flexibility index (Phi) is 10.6. The van der Waals surface area contributed by atoms with E-state index in [4.69, 9.17) is 18.5 Å². The van der Waals surface area contributed by atoms with Crippen molar-refractivity contribution in [3.8, 4) is 0 Å². The molecule has 2 heterocycles. The molecule has 1 N–H and O–H groups in total. The van der Waals surface area contributed by atoms with Gasteiger partial charge in [0.2, 0.25) is 5.91 Å². The summed E-state index contributed by atoms with van der Waals surface area (Å²) in [5.74, 6) is 1.31. The Bertz CT molecular complexity index is 826. The van der Waals surface area contributed by atoms with Crippen molar-refractivity contribution in [2.75, 3.05) is 25.1 Å². The Labute approximate surface area is 182 Å². The molecule has 31 heavy (non-hydrogen) atoms. The maximum atomic E-state index is 12.7. The van der Waals surface area contributed by atoms with Gasteiger partial charge in [0.05, 0.1) is 19.3 Å². The molecular weight excluding hydrogens is 425 g/mol. The predicted molar refractivity (Wildman–Crippen MR) is 116 cm³/mol. The lowest BCUT2D eigenvalue weighted by Gasteiger charge is -2.27. The molecule has 1 aromatic rings. The van der Waals surface area contributed by atoms with Crippen molar-refractivity contribution in [1.82, 2.24) is 9.55 Å². The standard InChI is InChI=1S/C20H32N3O7P/c1-4-28-31(26,29-5-2)15-11-17(30-19-8-6-7-14-27-19)9-12-23-13-10-18(21-16(3)24)22-20(23)25/h10-11,13,15,17,19H,4-9,12,14H2,1-3H3,(H,21,22,24,25)/t17-,19+/m0/s1. The number of rotatable bonds is 12. The molecule has 1 aromatic heterocycles. The monoisotopic (exact) mass is 457 g/mol. The molecule has 1 aliphatic heterocycles. The van der Waals surface area contributed by atoms with Crippen molar-refractivity contribution >= 4 is 19.3 Å². The molecule has 0 spiro atoms. The Balaban J connectivity index is 2.10. The van der Waals surface area contributed by atoms with Crippen molar-refractivity contribution in [3.05, 3.63) is 34.6 Å². The van der Waals surface area contributed by atoms with E-state index in [9.17, 15) is 14.2 Å². The Hall–Kier alpha value is -1.84. The van der Waals surface area contributed by atoms with Crippen LogP contribution in [0, 0.1) is 0 Å². The molecule has 174 valence electrons. The van der Waals surface area contributed by atoms with Crippen LogP contribution in [0.1, 0.15) is 46.5 Å². The molecule has 1 saturated heterocycles. The van der Waals surface area contributed by atoms with E-state index in [0.717, 1.165) is 19.3 Å². The van der Waals surface area contributed by atoms with Crippen molar-refractivity contribution in [3.63, 3.8) is 0 Å². The molecule has 1 aliphatic rings. The molecule has 0 radical (unpaired) electrons. The van der Waals surface area contributed by atoms with Crippen LogP contribution in [0.2, 0.25) is 0 Å². The molecule has 0 unspecified atom stereocenters. The zero-order valence-electron chi connectivity index (χ0n) is 18.3. The lowest BCUT2D eigenvalue weighted by Crippen LogP contribution is -2.29. The molecular formula is C20H32N3O7P. The van der Waals surface area contributed by atoms with Gasteiger partial charge in [-0.15, -0.1) is 0 Å². The van der Waals surface area contributed by atoms with Crippen LogP contribution in [0.3, 0.4) is 0 Å². The SMILES string of the molecule is CCOP(=O)(C=C[C@H](CCn1ccc(NC(C)=O)nc1=O)O[C@@H]1CCCCO1)OCC. The summed E-state index contributed by atoms with van der Waals surface area (Å²) in [5, 5.41) is 2.48. The number of hydrogen-bond donors (Lipinski definition) is 1. The zero-order chi connectivity index (χ0) is 22.7. The van der Waals surface area contributed by atoms with Gasteiger partial charge in [-0.2, -0.15) is 4.98 Å². The molecule has 0 saturated carbocycles. The van der Waals surface area contributed by atoms with Crippen LogP contribution in [0.4, 0.5) is 5.82 Å². The highest BCUT2D eigenvalue weighted by molar-refractivity contribution is 7.57. The summed E-state index contributed by atoms with van der Waals surface area (Å²) in [6, 6.07) is 1.55. The van der Waals surface area contributed by atoms with Crippen molar-refractivity contribution in [2.24, 2.45) is 0 Å². The number of aryl methyl sites for hydroxylation is 1. The largest absolute Gasteiger partial charge is 0.353 e. The summed E-state index contributed by atoms with van der Waals surface area (Å²) in [6.07, 6.45) is 5.55. The van der Waals surface area contributed by atoms with E-state index < -0.39 is 19.4 Å². The number of carbonyl (C=O) groups excluding carboxylic acids is 1. The maximum Gasteiger partial charge on any atom is 0.353 e. The van der Waals surface area contributed by atoms with Gasteiger partial charge in [0, 0.05) is 32.1 Å². The molecule has 2 atom stereocenters. The van der Waals surface area contributed by atoms with Gasteiger partial charge < -0.3 is 23.8 Å². The molecule has 0 aliphatic carbocycles. The third kappa shape index (κ3) is 9.04. The second kappa shape index (κ2) is 12.9. The normalized spacial score (nSPS) is 18.2. The first-order valence-corrected chi connectivity index (χ1v) is 12.2. The molecule has 0 bridgehead atoms. The van der Waals surface area contributed by atoms with E-state index in [2.05, 4.69) is 10.3 Å². The fourth-order valence-corrected chi connectivity index (χ4v) is 4.39. The fourth-order valence-electron chi connectivity index (χ4n) is 3.02. The van der Waals surface area contributed by atoms with E-state index in [1.807, 2.05) is 0 Å². The molecule has 10 nitrogen and oxygen atoms in total. The van der Waals surface area contributed by atoms with Gasteiger partial charge in [-0.3, -0.25) is 13.9 Å². The molecule has 2 rings (SSSR count). The van der Waals surface area contributed by atoms with Crippen LogP contribution >= 0.6 is 7.60 Å². The molecule has 11 heteroatoms. The first-order valence-electron chi connectivity index (χ1n) is 10.6. The number of aromatic nitrogens is 2. The van der Waals surface area contributed by atoms with Crippen LogP contribution in [-0.4, -0.2) is 47.7 Å². The van der Waals surface area contributed by atoms with Crippen LogP contribution in [0.25, 0.3) is 0 Å². The minimum atomic E-state index is -3.37. The van der Waals surface area contributed by atoms with E-state index in [1.54, 1.807) is 32.2 Å². The van der Waals surface area contributed by atoms with Crippen LogP contribution < -0.4 is 11.0 Å². The Morgan fingerprint density at radius 1 is 1.39 bits per heavy atom. The minimum Gasteiger partial charge on any atom is -0.353 e. The highest BCUT2D eigenvalue weighted by atomic mass is 31.2. The average molecular weight is 457 g/mol. The second-order valence-corrected chi connectivity index (χ2v) is 8.84. The maximum absolute atomic E-state index is 12.7. The third-order valence-corrected chi connectivity index (χ3v) is 6.17. The van der Waals surface area contributed by atoms with Crippen molar-refractivity contribution in [2.45, 2.75) is 65.4 Å². The van der Waals surface area contributed by atoms with Crippen LogP contribution in [-0.2, 0) is 34.4 Å². The number of nitrogens with one attached hydrogen (secondary N) is 1. The topological polar surface area (TPSA) is 118 Å². The summed E-state index contributed by atoms with van der Waals surface area (Å²) in [7, 11) is -3.37. The quantitative estimate of drug-likeness (QED) is 0.475. The number of anilines is 1. The smallest absolute Gasteiger partial charge is 0.353 e. The Morgan fingerprint density at radius 2 is 2.13 bits per heavy atom. The first-order chi connectivity index (χ1) is 14.8. The molecule has 0 aromatic carbocycles. The van der Waals surface area contributed by atoms with Crippen molar-refractivity contribution < 1.29 is 27.9 Å². The van der Waals surface area contributed by atoms with E-state index in [1.165, 1.54) is 17.3 Å². The van der Waals surface area contributed by atoms with Gasteiger partial charge >= 0.3 is 13.3 Å². The number of amides is 1. The van der Waals surface area contributed by atoms with Gasteiger partial charge in [0.25, 0.3) is 0 Å². The van der Waals surface area contributed by atoms with Gasteiger partial charge in [-0.1, -0.05) is 0 Å². The summed E-state index contributed by atoms with van der Waals surface area (Å²) in [4.78, 5) is 27.2. The zero-order valence-corrected chi connectivity index (χ0v) is 19.2. The summed E-state index contributed by atoms with van der Waals surface area (Å²) in [6.45, 7) is 6.27. The van der Waals surface area contributed by atoms with Crippen LogP contribution in [0.15, 0.2) is 29.0 Å². The number of nitrogens with zero attached hydrogens (tertiary/aromatic N) is 2. The number of hydrogen-bond acceptors (Lipinski definition) is 8. The second-order valence-electron chi connectivity index (χ2n) is 6.95. The summed E-state index contributed by atoms with van der Waals surface area (Å²) >= 11 is 0. The highest BCUT2D eigenvalue weighted by Crippen LogP contribution is 2.49. The molecule has 1 fully saturated rings. The Morgan fingerprint density at radius 3 is 2.71 bits per heavy atom. The minimum absolute atomic E-state index is 0.200. The average Bonchev–Trinajstić information content (AvgIpc) is 2.72. The van der Waals surface area contributed by atoms with E-state index >= 15 is 0 Å². The van der Waals surface area contributed by atoms with Crippen molar-refractivity contribution in [1.29, 1.82) is 0 Å². The summed E-state index contributed by atoms with van der Waals surface area (Å²) in [5.41, 5.74) is -0.489. The van der Waals surface area contributed by atoms with Crippen LogP contribution in [0.5, 0.6) is 0 Å². The van der Waals surface area contributed by atoms with E-state index in [0.29, 0.717) is 19.6 Å². The predicted octanol–water partition coefficient (Wildman–Crippen LogP) is 3.28. The summed E-state index contributed by atoms with van der Waals surface area (Å²) < 4.78 is 36.5. The fraction of sp³-hybridized carbons (Fsp3) is 0.650. The lowest BCUT2D eigenvalue weighted by molar-refractivity contribution is -0.179. The van der Waals surface area contributed by atoms with Gasteiger partial charge in [0.1, 0.15) is 5.82 Å². The highest BCUT2D eigenvalue weighted by Gasteiger charge is 2.23. The number of ether oxygens (including phenoxy) is 2. The molecule has 1 amide bonds. The number of carbonyl (C=O) groups is 1.